The average molecular weight is 286 g/mol. The number of imidazole rings is 1. The zero-order valence-corrected chi connectivity index (χ0v) is 13.6. The van der Waals surface area contributed by atoms with Crippen LogP contribution in [0, 0.1) is 0 Å². The van der Waals surface area contributed by atoms with E-state index in [1.807, 2.05) is 12.3 Å². The highest BCUT2D eigenvalue weighted by molar-refractivity contribution is 5.71. The second-order valence-electron chi connectivity index (χ2n) is 6.73. The van der Waals surface area contributed by atoms with Crippen molar-refractivity contribution in [1.29, 1.82) is 0 Å². The van der Waals surface area contributed by atoms with E-state index in [9.17, 15) is 0 Å². The normalized spacial score (nSPS) is 20.8. The highest BCUT2D eigenvalue weighted by Gasteiger charge is 2.27. The van der Waals surface area contributed by atoms with Gasteiger partial charge in [0.25, 0.3) is 0 Å². The van der Waals surface area contributed by atoms with Crippen LogP contribution in [0.3, 0.4) is 0 Å². The van der Waals surface area contributed by atoms with Crippen molar-refractivity contribution in [2.75, 3.05) is 13.1 Å². The lowest BCUT2D eigenvalue weighted by Crippen LogP contribution is -2.41. The first-order chi connectivity index (χ1) is 10.1. The Morgan fingerprint density at radius 1 is 1.24 bits per heavy atom. The highest BCUT2D eigenvalue weighted by atomic mass is 15.2. The van der Waals surface area contributed by atoms with Gasteiger partial charge in [-0.3, -0.25) is 4.90 Å². The second kappa shape index (κ2) is 5.76. The number of aromatic nitrogens is 3. The van der Waals surface area contributed by atoms with Gasteiger partial charge in [-0.15, -0.1) is 0 Å². The van der Waals surface area contributed by atoms with Crippen LogP contribution in [0.5, 0.6) is 0 Å². The van der Waals surface area contributed by atoms with Crippen molar-refractivity contribution in [3.63, 3.8) is 0 Å². The number of hydrogen-bond donors (Lipinski definition) is 0. The van der Waals surface area contributed by atoms with Gasteiger partial charge < -0.3 is 4.57 Å². The lowest BCUT2D eigenvalue weighted by Gasteiger charge is -2.36. The second-order valence-corrected chi connectivity index (χ2v) is 6.73. The molecule has 1 atom stereocenters. The Labute approximate surface area is 127 Å². The van der Waals surface area contributed by atoms with E-state index in [2.05, 4.69) is 48.2 Å². The molecule has 1 fully saturated rings. The molecule has 0 saturated carbocycles. The first kappa shape index (κ1) is 14.5. The Hall–Kier alpha value is -1.42. The van der Waals surface area contributed by atoms with E-state index < -0.39 is 0 Å². The molecular weight excluding hydrogens is 260 g/mol. The van der Waals surface area contributed by atoms with Crippen LogP contribution in [0.4, 0.5) is 0 Å². The van der Waals surface area contributed by atoms with Crippen LogP contribution in [0.15, 0.2) is 18.3 Å². The number of nitrogens with zero attached hydrogens (tertiary/aromatic N) is 4. The van der Waals surface area contributed by atoms with E-state index in [1.54, 1.807) is 0 Å². The fourth-order valence-electron chi connectivity index (χ4n) is 3.38. The molecule has 1 aliphatic rings. The van der Waals surface area contributed by atoms with E-state index in [0.717, 1.165) is 17.7 Å². The lowest BCUT2D eigenvalue weighted by molar-refractivity contribution is 0.142. The predicted octanol–water partition coefficient (Wildman–Crippen LogP) is 3.60. The first-order valence-corrected chi connectivity index (χ1v) is 8.15. The Balaban J connectivity index is 2.03. The van der Waals surface area contributed by atoms with Crippen molar-refractivity contribution in [3.05, 3.63) is 24.2 Å². The molecule has 4 nitrogen and oxygen atoms in total. The van der Waals surface area contributed by atoms with E-state index in [-0.39, 0.29) is 0 Å². The van der Waals surface area contributed by atoms with Crippen LogP contribution >= 0.6 is 0 Å². The molecular formula is C17H26N4. The molecule has 0 N–H and O–H groups in total. The molecule has 21 heavy (non-hydrogen) atoms. The monoisotopic (exact) mass is 286 g/mol. The van der Waals surface area contributed by atoms with Gasteiger partial charge in [-0.1, -0.05) is 13.8 Å². The molecule has 1 aliphatic heterocycles. The van der Waals surface area contributed by atoms with Gasteiger partial charge in [-0.2, -0.15) is 0 Å². The molecule has 114 valence electrons. The molecule has 0 aliphatic carbocycles. The van der Waals surface area contributed by atoms with Crippen molar-refractivity contribution in [2.24, 2.45) is 0 Å². The third kappa shape index (κ3) is 2.69. The summed E-state index contributed by atoms with van der Waals surface area (Å²) in [5.41, 5.74) is 2.08. The molecule has 4 heteroatoms. The predicted molar refractivity (Wildman–Crippen MR) is 86.6 cm³/mol. The number of likely N-dealkylation sites (tertiary alicyclic amines) is 1. The summed E-state index contributed by atoms with van der Waals surface area (Å²) in [6.45, 7) is 11.3. The minimum Gasteiger partial charge on any atom is -0.308 e. The molecule has 2 aromatic heterocycles. The average Bonchev–Trinajstić information content (AvgIpc) is 2.87. The maximum Gasteiger partial charge on any atom is 0.160 e. The highest BCUT2D eigenvalue weighted by Crippen LogP contribution is 2.30. The van der Waals surface area contributed by atoms with Crippen LogP contribution in [0.2, 0.25) is 0 Å². The van der Waals surface area contributed by atoms with Gasteiger partial charge in [0.2, 0.25) is 0 Å². The van der Waals surface area contributed by atoms with Gasteiger partial charge in [-0.25, -0.2) is 9.97 Å². The van der Waals surface area contributed by atoms with Crippen molar-refractivity contribution in [3.8, 4) is 0 Å². The maximum absolute atomic E-state index is 4.84. The van der Waals surface area contributed by atoms with E-state index >= 15 is 0 Å². The van der Waals surface area contributed by atoms with Crippen LogP contribution in [-0.2, 0) is 0 Å². The molecule has 0 spiro atoms. The molecule has 0 bridgehead atoms. The van der Waals surface area contributed by atoms with Gasteiger partial charge in [0.05, 0.1) is 0 Å². The fourth-order valence-corrected chi connectivity index (χ4v) is 3.38. The molecule has 1 saturated heterocycles. The van der Waals surface area contributed by atoms with Gasteiger partial charge in [-0.05, 0) is 45.4 Å². The van der Waals surface area contributed by atoms with Crippen LogP contribution < -0.4 is 0 Å². The van der Waals surface area contributed by atoms with E-state index in [1.165, 1.54) is 25.2 Å². The van der Waals surface area contributed by atoms with Crippen molar-refractivity contribution >= 4 is 11.2 Å². The molecule has 0 amide bonds. The Kier molecular flexibility index (Phi) is 3.98. The van der Waals surface area contributed by atoms with Crippen LogP contribution in [0.1, 0.15) is 58.3 Å². The van der Waals surface area contributed by atoms with E-state index in [0.29, 0.717) is 18.0 Å². The van der Waals surface area contributed by atoms with Crippen LogP contribution in [-0.4, -0.2) is 38.6 Å². The smallest absolute Gasteiger partial charge is 0.160 e. The molecule has 3 heterocycles. The largest absolute Gasteiger partial charge is 0.308 e. The van der Waals surface area contributed by atoms with Gasteiger partial charge >= 0.3 is 0 Å². The molecule has 0 aromatic carbocycles. The minimum atomic E-state index is 0.425. The zero-order valence-electron chi connectivity index (χ0n) is 13.6. The number of fused-ring (bicyclic) bond motifs is 1. The van der Waals surface area contributed by atoms with Crippen molar-refractivity contribution in [1.82, 2.24) is 19.4 Å². The summed E-state index contributed by atoms with van der Waals surface area (Å²) in [4.78, 5) is 12.0. The summed E-state index contributed by atoms with van der Waals surface area (Å²) >= 11 is 0. The standard InChI is InChI=1S/C17H26N4/c1-12(2)16-19-15-8-5-9-18-17(15)21(16)14-7-6-10-20(11-14)13(3)4/h5,8-9,12-14H,6-7,10-11H2,1-4H3. The van der Waals surface area contributed by atoms with Gasteiger partial charge in [0.15, 0.2) is 5.65 Å². The zero-order chi connectivity index (χ0) is 15.0. The summed E-state index contributed by atoms with van der Waals surface area (Å²) in [7, 11) is 0. The SMILES string of the molecule is CC(C)c1nc2cccnc2n1C1CCCN(C(C)C)C1. The number of rotatable bonds is 3. The number of pyridine rings is 1. The Bertz CT molecular complexity index is 614. The molecule has 0 radical (unpaired) electrons. The molecule has 3 rings (SSSR count). The summed E-state index contributed by atoms with van der Waals surface area (Å²) in [5.74, 6) is 1.60. The fraction of sp³-hybridized carbons (Fsp3) is 0.647. The quantitative estimate of drug-likeness (QED) is 0.864. The summed E-state index contributed by atoms with van der Waals surface area (Å²) in [6.07, 6.45) is 4.37. The topological polar surface area (TPSA) is 34.0 Å². The molecule has 1 unspecified atom stereocenters. The van der Waals surface area contributed by atoms with Gasteiger partial charge in [0, 0.05) is 30.7 Å². The van der Waals surface area contributed by atoms with Crippen molar-refractivity contribution in [2.45, 2.75) is 58.5 Å². The van der Waals surface area contributed by atoms with Gasteiger partial charge in [0.1, 0.15) is 11.3 Å². The maximum atomic E-state index is 4.84. The molecule has 2 aromatic rings. The number of piperidine rings is 1. The minimum absolute atomic E-state index is 0.425. The van der Waals surface area contributed by atoms with Crippen molar-refractivity contribution < 1.29 is 0 Å². The Morgan fingerprint density at radius 2 is 2.05 bits per heavy atom. The summed E-state index contributed by atoms with van der Waals surface area (Å²) < 4.78 is 2.41. The lowest BCUT2D eigenvalue weighted by atomic mass is 10.0. The first-order valence-electron chi connectivity index (χ1n) is 8.15. The Morgan fingerprint density at radius 3 is 2.76 bits per heavy atom. The summed E-state index contributed by atoms with van der Waals surface area (Å²) in [6, 6.07) is 5.16. The third-order valence-electron chi connectivity index (χ3n) is 4.52. The third-order valence-corrected chi connectivity index (χ3v) is 4.52. The van der Waals surface area contributed by atoms with E-state index in [4.69, 9.17) is 4.98 Å². The summed E-state index contributed by atoms with van der Waals surface area (Å²) in [5, 5.41) is 0. The number of hydrogen-bond acceptors (Lipinski definition) is 3. The van der Waals surface area contributed by atoms with Crippen LogP contribution in [0.25, 0.3) is 11.2 Å².